The van der Waals surface area contributed by atoms with Crippen LogP contribution in [0.2, 0.25) is 0 Å². The lowest BCUT2D eigenvalue weighted by Gasteiger charge is -2.25. The molecule has 5 heteroatoms. The summed E-state index contributed by atoms with van der Waals surface area (Å²) < 4.78 is 0. The van der Waals surface area contributed by atoms with Crippen molar-refractivity contribution in [2.45, 2.75) is 76.0 Å². The Morgan fingerprint density at radius 3 is 1.24 bits per heavy atom. The van der Waals surface area contributed by atoms with Crippen molar-refractivity contribution in [3.05, 3.63) is 57.6 Å². The predicted molar refractivity (Wildman–Crippen MR) is 118 cm³/mol. The molecule has 0 unspecified atom stereocenters. The predicted octanol–water partition coefficient (Wildman–Crippen LogP) is 6.45. The first-order valence-corrected chi connectivity index (χ1v) is 10.4. The number of aromatic carboxylic acids is 2. The number of benzene rings is 2. The molecule has 0 aliphatic carbocycles. The highest BCUT2D eigenvalue weighted by Gasteiger charge is 2.26. The number of carboxylic acids is 2. The minimum Gasteiger partial charge on any atom is -0.478 e. The van der Waals surface area contributed by atoms with Crippen molar-refractivity contribution < 1.29 is 19.8 Å². The van der Waals surface area contributed by atoms with E-state index in [1.165, 1.54) is 0 Å². The minimum atomic E-state index is -0.924. The second-order valence-corrected chi connectivity index (χ2v) is 10.6. The van der Waals surface area contributed by atoms with Crippen LogP contribution in [0.3, 0.4) is 0 Å². The molecule has 2 aromatic carbocycles. The van der Waals surface area contributed by atoms with Crippen LogP contribution in [0.15, 0.2) is 34.1 Å². The van der Waals surface area contributed by atoms with Gasteiger partial charge in [-0.3, -0.25) is 0 Å². The lowest BCUT2D eigenvalue weighted by Crippen LogP contribution is -2.18. The number of rotatable bonds is 4. The molecule has 0 atom stereocenters. The van der Waals surface area contributed by atoms with E-state index in [9.17, 15) is 19.8 Å². The number of hydrogen-bond donors (Lipinski definition) is 2. The summed E-state index contributed by atoms with van der Waals surface area (Å²) in [4.78, 5) is 25.4. The molecule has 0 fully saturated rings. The van der Waals surface area contributed by atoms with Gasteiger partial charge >= 0.3 is 11.9 Å². The van der Waals surface area contributed by atoms with Gasteiger partial charge in [0.2, 0.25) is 0 Å². The maximum Gasteiger partial charge on any atom is 0.335 e. The molecular formula is C24H30O4S. The van der Waals surface area contributed by atoms with Gasteiger partial charge in [-0.15, -0.1) is 0 Å². The quantitative estimate of drug-likeness (QED) is 0.601. The van der Waals surface area contributed by atoms with Gasteiger partial charge in [0.05, 0.1) is 11.1 Å². The van der Waals surface area contributed by atoms with Crippen LogP contribution in [0.5, 0.6) is 0 Å². The van der Waals surface area contributed by atoms with Crippen LogP contribution in [0.1, 0.15) is 84.5 Å². The average Bonchev–Trinajstić information content (AvgIpc) is 2.55. The zero-order valence-corrected chi connectivity index (χ0v) is 19.2. The van der Waals surface area contributed by atoms with E-state index in [0.717, 1.165) is 32.0 Å². The largest absolute Gasteiger partial charge is 0.478 e. The maximum absolute atomic E-state index is 11.7. The molecule has 156 valence electrons. The van der Waals surface area contributed by atoms with Crippen molar-refractivity contribution in [3.8, 4) is 0 Å². The molecule has 2 N–H and O–H groups in total. The zero-order chi connectivity index (χ0) is 22.3. The van der Waals surface area contributed by atoms with Crippen LogP contribution >= 0.6 is 11.8 Å². The smallest absolute Gasteiger partial charge is 0.335 e. The molecular weight excluding hydrogens is 384 g/mol. The molecule has 0 bridgehead atoms. The van der Waals surface area contributed by atoms with Gasteiger partial charge in [-0.05, 0) is 71.2 Å². The molecule has 0 aromatic heterocycles. The second-order valence-electron chi connectivity index (χ2n) is 9.54. The Hall–Kier alpha value is -2.27. The van der Waals surface area contributed by atoms with Crippen molar-refractivity contribution in [1.82, 2.24) is 0 Å². The summed E-state index contributed by atoms with van der Waals surface area (Å²) in [5.74, 6) is -1.85. The highest BCUT2D eigenvalue weighted by Crippen LogP contribution is 2.40. The Morgan fingerprint density at radius 2 is 1.00 bits per heavy atom. The van der Waals surface area contributed by atoms with Gasteiger partial charge < -0.3 is 10.2 Å². The highest BCUT2D eigenvalue weighted by molar-refractivity contribution is 7.99. The lowest BCUT2D eigenvalue weighted by molar-refractivity contribution is 0.0683. The van der Waals surface area contributed by atoms with E-state index < -0.39 is 11.9 Å². The van der Waals surface area contributed by atoms with E-state index in [1.54, 1.807) is 23.9 Å². The third kappa shape index (κ3) is 5.02. The molecule has 0 aliphatic rings. The number of carboxylic acid groups (broad SMARTS) is 2. The highest BCUT2D eigenvalue weighted by atomic mass is 32.2. The van der Waals surface area contributed by atoms with Crippen molar-refractivity contribution in [2.24, 2.45) is 0 Å². The maximum atomic E-state index is 11.7. The summed E-state index contributed by atoms with van der Waals surface area (Å²) in [6.45, 7) is 15.8. The molecule has 0 spiro atoms. The van der Waals surface area contributed by atoms with E-state index in [2.05, 4.69) is 0 Å². The summed E-state index contributed by atoms with van der Waals surface area (Å²) in [6, 6.07) is 7.39. The lowest BCUT2D eigenvalue weighted by atomic mass is 9.83. The fourth-order valence-electron chi connectivity index (χ4n) is 3.31. The van der Waals surface area contributed by atoms with Gasteiger partial charge in [-0.2, -0.15) is 0 Å². The fraction of sp³-hybridized carbons (Fsp3) is 0.417. The molecule has 0 aliphatic heterocycles. The van der Waals surface area contributed by atoms with Crippen LogP contribution in [0, 0.1) is 13.8 Å². The van der Waals surface area contributed by atoms with Gasteiger partial charge in [-0.25, -0.2) is 9.59 Å². The minimum absolute atomic E-state index is 0.310. The molecule has 2 aromatic rings. The Labute approximate surface area is 177 Å². The van der Waals surface area contributed by atoms with Gasteiger partial charge in [0, 0.05) is 9.79 Å². The third-order valence-electron chi connectivity index (χ3n) is 4.93. The summed E-state index contributed by atoms with van der Waals surface area (Å²) in [6.07, 6.45) is 0. The SMILES string of the molecule is Cc1cc(C(=O)O)c(C(C)(C)C)cc1Sc1cc(C(C)(C)C)c(C(=O)O)cc1C. The molecule has 4 nitrogen and oxygen atoms in total. The normalized spacial score (nSPS) is 12.1. The first-order valence-electron chi connectivity index (χ1n) is 9.57. The van der Waals surface area contributed by atoms with E-state index in [1.807, 2.05) is 67.5 Å². The number of carbonyl (C=O) groups is 2. The summed E-state index contributed by atoms with van der Waals surface area (Å²) >= 11 is 1.56. The van der Waals surface area contributed by atoms with E-state index in [0.29, 0.717) is 11.1 Å². The first kappa shape index (κ1) is 23.0. The molecule has 29 heavy (non-hydrogen) atoms. The second kappa shape index (κ2) is 7.86. The summed E-state index contributed by atoms with van der Waals surface area (Å²) in [5, 5.41) is 19.2. The van der Waals surface area contributed by atoms with Gasteiger partial charge in [0.1, 0.15) is 0 Å². The fourth-order valence-corrected chi connectivity index (χ4v) is 4.34. The standard InChI is InChI=1S/C24H30O4S/c1-13-9-15(21(25)26)17(23(3,4)5)11-19(13)29-20-12-18(24(6,7)8)16(22(27)28)10-14(20)2/h9-12H,1-8H3,(H,25,26)(H,27,28). The topological polar surface area (TPSA) is 74.6 Å². The Kier molecular flexibility index (Phi) is 6.24. The van der Waals surface area contributed by atoms with Crippen LogP contribution in [-0.4, -0.2) is 22.2 Å². The van der Waals surface area contributed by atoms with Crippen molar-refractivity contribution in [3.63, 3.8) is 0 Å². The Bertz CT molecular complexity index is 896. The molecule has 0 amide bonds. The monoisotopic (exact) mass is 414 g/mol. The number of aryl methyl sites for hydroxylation is 2. The van der Waals surface area contributed by atoms with Crippen LogP contribution in [0.25, 0.3) is 0 Å². The molecule has 0 saturated heterocycles. The van der Waals surface area contributed by atoms with Crippen LogP contribution in [0.4, 0.5) is 0 Å². The number of hydrogen-bond acceptors (Lipinski definition) is 3. The Morgan fingerprint density at radius 1 is 0.690 bits per heavy atom. The average molecular weight is 415 g/mol. The van der Waals surface area contributed by atoms with Crippen molar-refractivity contribution in [2.75, 3.05) is 0 Å². The molecule has 0 saturated carbocycles. The summed E-state index contributed by atoms with van der Waals surface area (Å²) in [5.41, 5.74) is 3.38. The molecule has 2 rings (SSSR count). The van der Waals surface area contributed by atoms with Gasteiger partial charge in [0.25, 0.3) is 0 Å². The van der Waals surface area contributed by atoms with Crippen LogP contribution in [-0.2, 0) is 10.8 Å². The van der Waals surface area contributed by atoms with E-state index in [4.69, 9.17) is 0 Å². The van der Waals surface area contributed by atoms with E-state index in [-0.39, 0.29) is 10.8 Å². The van der Waals surface area contributed by atoms with E-state index >= 15 is 0 Å². The van der Waals surface area contributed by atoms with Crippen molar-refractivity contribution in [1.29, 1.82) is 0 Å². The Balaban J connectivity index is 2.65. The third-order valence-corrected chi connectivity index (χ3v) is 6.25. The molecule has 0 radical (unpaired) electrons. The first-order chi connectivity index (χ1) is 13.1. The van der Waals surface area contributed by atoms with Crippen molar-refractivity contribution >= 4 is 23.7 Å². The zero-order valence-electron chi connectivity index (χ0n) is 18.4. The van der Waals surface area contributed by atoms with Gasteiger partial charge in [0.15, 0.2) is 0 Å². The summed E-state index contributed by atoms with van der Waals surface area (Å²) in [7, 11) is 0. The van der Waals surface area contributed by atoms with Crippen LogP contribution < -0.4 is 0 Å². The molecule has 0 heterocycles. The van der Waals surface area contributed by atoms with Gasteiger partial charge in [-0.1, -0.05) is 53.3 Å².